The number of rotatable bonds is 4. The fraction of sp³-hybridized carbons (Fsp3) is 0.182. The summed E-state index contributed by atoms with van der Waals surface area (Å²) in [5.74, 6) is 0.776. The lowest BCUT2D eigenvalue weighted by molar-refractivity contribution is 0.305. The van der Waals surface area contributed by atoms with Gasteiger partial charge in [-0.05, 0) is 34.5 Å². The van der Waals surface area contributed by atoms with Gasteiger partial charge in [-0.1, -0.05) is 0 Å². The highest BCUT2D eigenvalue weighted by Crippen LogP contribution is 2.13. The van der Waals surface area contributed by atoms with E-state index >= 15 is 0 Å². The molecule has 3 nitrogen and oxygen atoms in total. The molecule has 2 heterocycles. The topological polar surface area (TPSA) is 48.1 Å². The number of pyridine rings is 1. The van der Waals surface area contributed by atoms with Crippen LogP contribution in [0.4, 0.5) is 0 Å². The third-order valence-corrected chi connectivity index (χ3v) is 2.72. The van der Waals surface area contributed by atoms with Gasteiger partial charge in [0.05, 0.1) is 11.9 Å². The molecule has 0 amide bonds. The molecule has 0 aliphatic carbocycles. The van der Waals surface area contributed by atoms with Gasteiger partial charge in [-0.15, -0.1) is 0 Å². The maximum atomic E-state index is 5.55. The van der Waals surface area contributed by atoms with Crippen molar-refractivity contribution in [1.82, 2.24) is 4.98 Å². The molecule has 2 rings (SSSR count). The first-order valence-electron chi connectivity index (χ1n) is 4.67. The summed E-state index contributed by atoms with van der Waals surface area (Å²) in [4.78, 5) is 4.15. The number of nitrogens with zero attached hydrogens (tertiary/aromatic N) is 1. The molecule has 0 radical (unpaired) electrons. The van der Waals surface area contributed by atoms with Crippen LogP contribution in [0, 0.1) is 0 Å². The van der Waals surface area contributed by atoms with E-state index in [0.29, 0.717) is 13.2 Å². The second-order valence-electron chi connectivity index (χ2n) is 3.11. The minimum absolute atomic E-state index is 0.463. The highest BCUT2D eigenvalue weighted by molar-refractivity contribution is 7.07. The van der Waals surface area contributed by atoms with Gasteiger partial charge in [-0.2, -0.15) is 11.3 Å². The minimum atomic E-state index is 0.463. The van der Waals surface area contributed by atoms with Crippen molar-refractivity contribution >= 4 is 11.3 Å². The van der Waals surface area contributed by atoms with E-state index in [-0.39, 0.29) is 0 Å². The van der Waals surface area contributed by atoms with Gasteiger partial charge in [0.2, 0.25) is 0 Å². The molecule has 0 fully saturated rings. The SMILES string of the molecule is NCc1ccc(OCc2ccsc2)cn1. The van der Waals surface area contributed by atoms with Crippen LogP contribution in [0.25, 0.3) is 0 Å². The largest absolute Gasteiger partial charge is 0.487 e. The fourth-order valence-corrected chi connectivity index (χ4v) is 1.81. The lowest BCUT2D eigenvalue weighted by Gasteiger charge is -2.04. The summed E-state index contributed by atoms with van der Waals surface area (Å²) in [6, 6.07) is 5.82. The van der Waals surface area contributed by atoms with E-state index in [1.54, 1.807) is 17.5 Å². The van der Waals surface area contributed by atoms with Crippen LogP contribution in [-0.2, 0) is 13.2 Å². The Kier molecular flexibility index (Phi) is 3.32. The summed E-state index contributed by atoms with van der Waals surface area (Å²) >= 11 is 1.67. The van der Waals surface area contributed by atoms with Crippen molar-refractivity contribution < 1.29 is 4.74 Å². The third-order valence-electron chi connectivity index (χ3n) is 1.99. The number of hydrogen-bond acceptors (Lipinski definition) is 4. The first kappa shape index (κ1) is 10.1. The Morgan fingerprint density at radius 3 is 2.87 bits per heavy atom. The highest BCUT2D eigenvalue weighted by atomic mass is 32.1. The summed E-state index contributed by atoms with van der Waals surface area (Å²) in [6.45, 7) is 1.05. The fourth-order valence-electron chi connectivity index (χ4n) is 1.16. The molecule has 2 N–H and O–H groups in total. The Morgan fingerprint density at radius 1 is 1.33 bits per heavy atom. The molecule has 78 valence electrons. The molecule has 4 heteroatoms. The Hall–Kier alpha value is -1.39. The van der Waals surface area contributed by atoms with E-state index in [1.807, 2.05) is 23.6 Å². The minimum Gasteiger partial charge on any atom is -0.487 e. The normalized spacial score (nSPS) is 10.2. The van der Waals surface area contributed by atoms with Crippen LogP contribution in [0.15, 0.2) is 35.2 Å². The molecule has 0 aliphatic rings. The number of nitrogens with two attached hydrogens (primary N) is 1. The van der Waals surface area contributed by atoms with Gasteiger partial charge in [0, 0.05) is 6.54 Å². The Morgan fingerprint density at radius 2 is 2.27 bits per heavy atom. The van der Waals surface area contributed by atoms with E-state index in [9.17, 15) is 0 Å². The van der Waals surface area contributed by atoms with E-state index in [2.05, 4.69) is 10.4 Å². The van der Waals surface area contributed by atoms with E-state index in [0.717, 1.165) is 11.4 Å². The van der Waals surface area contributed by atoms with Crippen molar-refractivity contribution in [3.63, 3.8) is 0 Å². The predicted octanol–water partition coefficient (Wildman–Crippen LogP) is 2.18. The summed E-state index contributed by atoms with van der Waals surface area (Å²) in [7, 11) is 0. The lowest BCUT2D eigenvalue weighted by Crippen LogP contribution is -2.00. The van der Waals surface area contributed by atoms with E-state index < -0.39 is 0 Å². The first-order chi connectivity index (χ1) is 7.38. The summed E-state index contributed by atoms with van der Waals surface area (Å²) in [5, 5.41) is 4.11. The number of thiophene rings is 1. The van der Waals surface area contributed by atoms with Crippen molar-refractivity contribution in [2.45, 2.75) is 13.2 Å². The second-order valence-corrected chi connectivity index (χ2v) is 3.89. The summed E-state index contributed by atoms with van der Waals surface area (Å²) in [5.41, 5.74) is 7.51. The Bertz CT molecular complexity index is 397. The van der Waals surface area contributed by atoms with E-state index in [4.69, 9.17) is 10.5 Å². The van der Waals surface area contributed by atoms with Crippen LogP contribution < -0.4 is 10.5 Å². The zero-order valence-corrected chi connectivity index (χ0v) is 9.04. The maximum Gasteiger partial charge on any atom is 0.138 e. The zero-order chi connectivity index (χ0) is 10.5. The van der Waals surface area contributed by atoms with Crippen molar-refractivity contribution in [2.24, 2.45) is 5.73 Å². The van der Waals surface area contributed by atoms with Crippen molar-refractivity contribution in [3.05, 3.63) is 46.4 Å². The molecule has 0 aliphatic heterocycles. The second kappa shape index (κ2) is 4.91. The molecule has 2 aromatic heterocycles. The van der Waals surface area contributed by atoms with Crippen molar-refractivity contribution in [1.29, 1.82) is 0 Å². The van der Waals surface area contributed by atoms with Crippen LogP contribution >= 0.6 is 11.3 Å². The number of hydrogen-bond donors (Lipinski definition) is 1. The monoisotopic (exact) mass is 220 g/mol. The zero-order valence-electron chi connectivity index (χ0n) is 8.22. The van der Waals surface area contributed by atoms with Crippen LogP contribution in [0.3, 0.4) is 0 Å². The predicted molar refractivity (Wildman–Crippen MR) is 60.8 cm³/mol. The number of aromatic nitrogens is 1. The smallest absolute Gasteiger partial charge is 0.138 e. The van der Waals surface area contributed by atoms with Gasteiger partial charge in [0.25, 0.3) is 0 Å². The van der Waals surface area contributed by atoms with Gasteiger partial charge in [0.1, 0.15) is 12.4 Å². The van der Waals surface area contributed by atoms with Gasteiger partial charge in [-0.3, -0.25) is 4.98 Å². The Balaban J connectivity index is 1.93. The highest BCUT2D eigenvalue weighted by Gasteiger charge is 1.97. The average Bonchev–Trinajstić information content (AvgIpc) is 2.80. The van der Waals surface area contributed by atoms with Crippen LogP contribution in [0.5, 0.6) is 5.75 Å². The number of ether oxygens (including phenoxy) is 1. The molecule has 0 atom stereocenters. The molecular formula is C11H12N2OS. The summed E-state index contributed by atoms with van der Waals surface area (Å²) < 4.78 is 5.55. The van der Waals surface area contributed by atoms with Crippen LogP contribution in [-0.4, -0.2) is 4.98 Å². The standard InChI is InChI=1S/C11H12N2OS/c12-5-10-1-2-11(6-13-10)14-7-9-3-4-15-8-9/h1-4,6,8H,5,7,12H2. The molecule has 0 spiro atoms. The van der Waals surface area contributed by atoms with Gasteiger partial charge in [-0.25, -0.2) is 0 Å². The average molecular weight is 220 g/mol. The van der Waals surface area contributed by atoms with Crippen molar-refractivity contribution in [3.8, 4) is 5.75 Å². The molecule has 0 unspecified atom stereocenters. The summed E-state index contributed by atoms with van der Waals surface area (Å²) in [6.07, 6.45) is 1.70. The molecule has 0 saturated carbocycles. The molecule has 0 bridgehead atoms. The molecule has 0 aromatic carbocycles. The van der Waals surface area contributed by atoms with Gasteiger partial charge in [0.15, 0.2) is 0 Å². The maximum absolute atomic E-state index is 5.55. The first-order valence-corrected chi connectivity index (χ1v) is 5.61. The Labute approximate surface area is 92.5 Å². The van der Waals surface area contributed by atoms with Crippen molar-refractivity contribution in [2.75, 3.05) is 0 Å². The van der Waals surface area contributed by atoms with Crippen LogP contribution in [0.2, 0.25) is 0 Å². The van der Waals surface area contributed by atoms with Gasteiger partial charge < -0.3 is 10.5 Å². The van der Waals surface area contributed by atoms with E-state index in [1.165, 1.54) is 5.56 Å². The lowest BCUT2D eigenvalue weighted by atomic mass is 10.3. The third kappa shape index (κ3) is 2.78. The molecule has 0 saturated heterocycles. The molecule has 2 aromatic rings. The molecule has 15 heavy (non-hydrogen) atoms. The van der Waals surface area contributed by atoms with Gasteiger partial charge >= 0.3 is 0 Å². The molecular weight excluding hydrogens is 208 g/mol. The quantitative estimate of drug-likeness (QED) is 0.859. The van der Waals surface area contributed by atoms with Crippen LogP contribution in [0.1, 0.15) is 11.3 Å².